The molecule has 0 saturated heterocycles. The van der Waals surface area contributed by atoms with Gasteiger partial charge in [-0.2, -0.15) is 0 Å². The summed E-state index contributed by atoms with van der Waals surface area (Å²) in [5, 5.41) is 11.3. The van der Waals surface area contributed by atoms with E-state index in [-0.39, 0.29) is 17.6 Å². The lowest BCUT2D eigenvalue weighted by Crippen LogP contribution is -2.21. The maximum Gasteiger partial charge on any atom is 0.169 e. The molecule has 0 heterocycles. The van der Waals surface area contributed by atoms with Crippen LogP contribution in [0.15, 0.2) is 48.2 Å². The van der Waals surface area contributed by atoms with Crippen molar-refractivity contribution in [1.29, 1.82) is 0 Å². The van der Waals surface area contributed by atoms with Gasteiger partial charge in [-0.1, -0.05) is 35.9 Å². The molecule has 2 bridgehead atoms. The van der Waals surface area contributed by atoms with Crippen LogP contribution in [0.3, 0.4) is 0 Å². The molecule has 1 fully saturated rings. The van der Waals surface area contributed by atoms with Gasteiger partial charge in [-0.15, -0.1) is 0 Å². The number of hydrogen-bond donors (Lipinski definition) is 1. The number of benzene rings is 2. The van der Waals surface area contributed by atoms with Crippen LogP contribution in [-0.2, 0) is 4.79 Å². The summed E-state index contributed by atoms with van der Waals surface area (Å²) in [7, 11) is 0. The lowest BCUT2D eigenvalue weighted by Gasteiger charge is -2.23. The molecule has 2 aromatic carbocycles. The maximum absolute atomic E-state index is 12.8. The van der Waals surface area contributed by atoms with Crippen LogP contribution in [0, 0.1) is 18.8 Å². The van der Waals surface area contributed by atoms with Gasteiger partial charge in [0.2, 0.25) is 0 Å². The van der Waals surface area contributed by atoms with Crippen molar-refractivity contribution in [3.05, 3.63) is 64.4 Å². The number of carbonyl (C=O) groups excluding carboxylic acids is 1. The molecule has 0 radical (unpaired) electrons. The highest BCUT2D eigenvalue weighted by molar-refractivity contribution is 6.30. The van der Waals surface area contributed by atoms with E-state index >= 15 is 0 Å². The molecule has 2 nitrogen and oxygen atoms in total. The molecule has 24 heavy (non-hydrogen) atoms. The molecular formula is C21H19ClO2. The van der Waals surface area contributed by atoms with Gasteiger partial charge in [0.05, 0.1) is 5.57 Å². The number of hydrogen-bond acceptors (Lipinski definition) is 2. The van der Waals surface area contributed by atoms with E-state index in [9.17, 15) is 9.90 Å². The number of fused-ring (bicyclic) bond motifs is 2. The Bertz CT molecular complexity index is 849. The average molecular weight is 339 g/mol. The van der Waals surface area contributed by atoms with Gasteiger partial charge in [0.15, 0.2) is 5.78 Å². The molecule has 3 heteroatoms. The first-order valence-electron chi connectivity index (χ1n) is 8.39. The minimum absolute atomic E-state index is 0.0829. The van der Waals surface area contributed by atoms with Crippen LogP contribution >= 0.6 is 11.6 Å². The topological polar surface area (TPSA) is 37.3 Å². The van der Waals surface area contributed by atoms with Crippen LogP contribution in [0.1, 0.15) is 30.4 Å². The average Bonchev–Trinajstić information content (AvgIpc) is 3.03. The van der Waals surface area contributed by atoms with E-state index in [0.717, 1.165) is 41.5 Å². The smallest absolute Gasteiger partial charge is 0.169 e. The zero-order chi connectivity index (χ0) is 16.8. The van der Waals surface area contributed by atoms with Gasteiger partial charge in [0.25, 0.3) is 0 Å². The molecule has 0 aromatic heterocycles. The lowest BCUT2D eigenvalue weighted by molar-refractivity contribution is -0.117. The Morgan fingerprint density at radius 2 is 1.67 bits per heavy atom. The molecule has 2 aliphatic carbocycles. The maximum atomic E-state index is 12.8. The van der Waals surface area contributed by atoms with E-state index in [2.05, 4.69) is 0 Å². The summed E-state index contributed by atoms with van der Waals surface area (Å²) in [4.78, 5) is 12.8. The van der Waals surface area contributed by atoms with Gasteiger partial charge in [-0.3, -0.25) is 4.79 Å². The van der Waals surface area contributed by atoms with Crippen molar-refractivity contribution in [1.82, 2.24) is 0 Å². The molecule has 4 rings (SSSR count). The highest BCUT2D eigenvalue weighted by Crippen LogP contribution is 2.46. The van der Waals surface area contributed by atoms with Gasteiger partial charge in [0, 0.05) is 16.9 Å². The standard InChI is InChI=1S/C21H19ClO2/c1-12-2-3-14(13-6-8-17(22)9-7-13)11-18(12)19-20(23)15-4-5-16(10-15)21(19)24/h2-3,6-9,11,15-16,23H,4-5,10H2,1H3/t15-,16-/m0/s1. The predicted octanol–water partition coefficient (Wildman–Crippen LogP) is 5.58. The van der Waals surface area contributed by atoms with E-state index in [0.29, 0.717) is 16.4 Å². The third kappa shape index (κ3) is 2.46. The minimum atomic E-state index is 0.0829. The fourth-order valence-corrected chi connectivity index (χ4v) is 4.11. The van der Waals surface area contributed by atoms with Crippen molar-refractivity contribution in [3.63, 3.8) is 0 Å². The predicted molar refractivity (Wildman–Crippen MR) is 97.0 cm³/mol. The molecule has 2 aliphatic rings. The molecule has 1 saturated carbocycles. The van der Waals surface area contributed by atoms with Crippen LogP contribution in [0.2, 0.25) is 5.02 Å². The molecule has 0 aliphatic heterocycles. The summed E-state index contributed by atoms with van der Waals surface area (Å²) in [5.41, 5.74) is 4.50. The third-order valence-electron chi connectivity index (χ3n) is 5.38. The Kier molecular flexibility index (Phi) is 3.73. The number of rotatable bonds is 2. The van der Waals surface area contributed by atoms with E-state index in [1.54, 1.807) is 0 Å². The Morgan fingerprint density at radius 1 is 1.00 bits per heavy atom. The lowest BCUT2D eigenvalue weighted by atomic mass is 9.81. The van der Waals surface area contributed by atoms with Gasteiger partial charge < -0.3 is 5.11 Å². The molecular weight excluding hydrogens is 320 g/mol. The number of aliphatic hydroxyl groups is 1. The summed E-state index contributed by atoms with van der Waals surface area (Å²) in [5.74, 6) is 0.642. The van der Waals surface area contributed by atoms with Crippen molar-refractivity contribution >= 4 is 23.0 Å². The fourth-order valence-electron chi connectivity index (χ4n) is 3.99. The van der Waals surface area contributed by atoms with E-state index in [4.69, 9.17) is 11.6 Å². The summed E-state index contributed by atoms with van der Waals surface area (Å²) in [6.07, 6.45) is 2.62. The van der Waals surface area contributed by atoms with Gasteiger partial charge in [0.1, 0.15) is 5.76 Å². The summed E-state index contributed by atoms with van der Waals surface area (Å²) in [6.45, 7) is 1.99. The Balaban J connectivity index is 1.84. The minimum Gasteiger partial charge on any atom is -0.511 e. The second-order valence-electron chi connectivity index (χ2n) is 6.87. The summed E-state index contributed by atoms with van der Waals surface area (Å²) >= 11 is 5.97. The SMILES string of the molecule is Cc1ccc(-c2ccc(Cl)cc2)cc1C1=C(O)[C@H]2CC[C@@H](C2)C1=O. The van der Waals surface area contributed by atoms with E-state index in [1.807, 2.05) is 49.4 Å². The van der Waals surface area contributed by atoms with Crippen LogP contribution in [-0.4, -0.2) is 10.9 Å². The molecule has 0 amide bonds. The first-order chi connectivity index (χ1) is 11.5. The van der Waals surface area contributed by atoms with Gasteiger partial charge in [-0.05, 0) is 66.6 Å². The van der Waals surface area contributed by atoms with Crippen molar-refractivity contribution < 1.29 is 9.90 Å². The van der Waals surface area contributed by atoms with Crippen molar-refractivity contribution in [2.24, 2.45) is 11.8 Å². The molecule has 0 spiro atoms. The molecule has 0 unspecified atom stereocenters. The molecule has 2 aromatic rings. The van der Waals surface area contributed by atoms with E-state index in [1.165, 1.54) is 0 Å². The number of halogens is 1. The highest BCUT2D eigenvalue weighted by atomic mass is 35.5. The van der Waals surface area contributed by atoms with Crippen molar-refractivity contribution in [3.8, 4) is 11.1 Å². The molecule has 2 atom stereocenters. The first-order valence-corrected chi connectivity index (χ1v) is 8.76. The normalized spacial score (nSPS) is 23.0. The Labute approximate surface area is 146 Å². The van der Waals surface area contributed by atoms with Crippen molar-refractivity contribution in [2.45, 2.75) is 26.2 Å². The van der Waals surface area contributed by atoms with Crippen LogP contribution in [0.4, 0.5) is 0 Å². The zero-order valence-corrected chi connectivity index (χ0v) is 14.3. The van der Waals surface area contributed by atoms with Crippen molar-refractivity contribution in [2.75, 3.05) is 0 Å². The summed E-state index contributed by atoms with van der Waals surface area (Å²) < 4.78 is 0. The number of aryl methyl sites for hydroxylation is 1. The number of Topliss-reactive ketones (excluding diaryl/α,β-unsaturated/α-hetero) is 1. The second kappa shape index (κ2) is 5.78. The summed E-state index contributed by atoms with van der Waals surface area (Å²) in [6, 6.07) is 13.7. The highest BCUT2D eigenvalue weighted by Gasteiger charge is 2.41. The number of allylic oxidation sites excluding steroid dienone is 2. The number of aliphatic hydroxyl groups excluding tert-OH is 1. The Hall–Kier alpha value is -2.06. The molecule has 1 N–H and O–H groups in total. The Morgan fingerprint density at radius 3 is 2.42 bits per heavy atom. The van der Waals surface area contributed by atoms with Crippen LogP contribution < -0.4 is 0 Å². The monoisotopic (exact) mass is 338 g/mol. The second-order valence-corrected chi connectivity index (χ2v) is 7.30. The third-order valence-corrected chi connectivity index (χ3v) is 5.63. The van der Waals surface area contributed by atoms with Crippen LogP contribution in [0.5, 0.6) is 0 Å². The molecule has 122 valence electrons. The van der Waals surface area contributed by atoms with Gasteiger partial charge >= 0.3 is 0 Å². The van der Waals surface area contributed by atoms with Crippen LogP contribution in [0.25, 0.3) is 16.7 Å². The number of ketones is 1. The quantitative estimate of drug-likeness (QED) is 0.775. The first kappa shape index (κ1) is 15.5. The van der Waals surface area contributed by atoms with E-state index < -0.39 is 0 Å². The zero-order valence-electron chi connectivity index (χ0n) is 13.6. The van der Waals surface area contributed by atoms with Gasteiger partial charge in [-0.25, -0.2) is 0 Å². The largest absolute Gasteiger partial charge is 0.511 e. The number of carbonyl (C=O) groups is 1. The fraction of sp³-hybridized carbons (Fsp3) is 0.286.